The third-order valence-electron chi connectivity index (χ3n) is 2.41. The molecule has 2 rings (SSSR count). The first-order valence-electron chi connectivity index (χ1n) is 6.06. The van der Waals surface area contributed by atoms with Crippen LogP contribution in [0.2, 0.25) is 0 Å². The van der Waals surface area contributed by atoms with E-state index in [2.05, 4.69) is 10.3 Å². The van der Waals surface area contributed by atoms with Crippen LogP contribution in [-0.4, -0.2) is 29.5 Å². The van der Waals surface area contributed by atoms with Gasteiger partial charge in [-0.05, 0) is 24.3 Å². The summed E-state index contributed by atoms with van der Waals surface area (Å²) in [7, 11) is 0. The van der Waals surface area contributed by atoms with Gasteiger partial charge in [0.25, 0.3) is 5.91 Å². The van der Waals surface area contributed by atoms with E-state index in [1.807, 2.05) is 5.32 Å². The number of aromatic nitrogens is 1. The Hall–Kier alpha value is -3.03. The lowest BCUT2D eigenvalue weighted by Crippen LogP contribution is -2.41. The summed E-state index contributed by atoms with van der Waals surface area (Å²) in [5.41, 5.74) is 0.227. The molecule has 0 bridgehead atoms. The highest BCUT2D eigenvalue weighted by atomic mass is 16.5. The van der Waals surface area contributed by atoms with Gasteiger partial charge in [-0.15, -0.1) is 0 Å². The summed E-state index contributed by atoms with van der Waals surface area (Å²) in [6.07, 6.45) is 3.03. The Bertz CT molecular complexity index is 604. The molecule has 8 nitrogen and oxygen atoms in total. The molecule has 0 spiro atoms. The summed E-state index contributed by atoms with van der Waals surface area (Å²) in [5.74, 6) is -0.853. The number of ether oxygens (including phenoxy) is 1. The topological polar surface area (TPSA) is 113 Å². The first-order valence-corrected chi connectivity index (χ1v) is 6.06. The molecule has 3 N–H and O–H groups in total. The van der Waals surface area contributed by atoms with Gasteiger partial charge >= 0.3 is 12.0 Å². The fourth-order valence-corrected chi connectivity index (χ4v) is 1.45. The van der Waals surface area contributed by atoms with Crippen molar-refractivity contribution >= 4 is 17.9 Å². The van der Waals surface area contributed by atoms with E-state index >= 15 is 0 Å². The van der Waals surface area contributed by atoms with Gasteiger partial charge in [0, 0.05) is 6.20 Å². The molecule has 2 heterocycles. The van der Waals surface area contributed by atoms with Crippen molar-refractivity contribution < 1.29 is 23.5 Å². The lowest BCUT2D eigenvalue weighted by molar-refractivity contribution is -0.123. The monoisotopic (exact) mass is 291 g/mol. The molecule has 0 aliphatic rings. The quantitative estimate of drug-likeness (QED) is 0.705. The van der Waals surface area contributed by atoms with Crippen molar-refractivity contribution in [2.75, 3.05) is 6.61 Å². The molecular weight excluding hydrogens is 278 g/mol. The number of carbonyl (C=O) groups is 3. The summed E-state index contributed by atoms with van der Waals surface area (Å²) in [6, 6.07) is 5.79. The number of rotatable bonds is 5. The average molecular weight is 291 g/mol. The summed E-state index contributed by atoms with van der Waals surface area (Å²) in [6.45, 7) is -0.402. The zero-order valence-corrected chi connectivity index (χ0v) is 10.9. The Kier molecular flexibility index (Phi) is 4.75. The van der Waals surface area contributed by atoms with Gasteiger partial charge in [0.1, 0.15) is 11.5 Å². The van der Waals surface area contributed by atoms with Crippen LogP contribution in [0.1, 0.15) is 16.2 Å². The standard InChI is InChI=1S/C13H13N3O5/c17-11(8-21-12(18)10-4-1-5-14-10)16-13(19)15-7-9-3-2-6-20-9/h1-6,14H,7-8H2,(H2,15,16,17,19). The van der Waals surface area contributed by atoms with Crippen molar-refractivity contribution in [3.63, 3.8) is 0 Å². The molecule has 8 heteroatoms. The molecule has 0 unspecified atom stereocenters. The van der Waals surface area contributed by atoms with Crippen molar-refractivity contribution in [1.82, 2.24) is 15.6 Å². The van der Waals surface area contributed by atoms with Gasteiger partial charge in [0.15, 0.2) is 6.61 Å². The smallest absolute Gasteiger partial charge is 0.355 e. The zero-order valence-electron chi connectivity index (χ0n) is 10.9. The van der Waals surface area contributed by atoms with Crippen LogP contribution >= 0.6 is 0 Å². The number of imide groups is 1. The second-order valence-electron chi connectivity index (χ2n) is 3.97. The molecule has 3 amide bonds. The molecular formula is C13H13N3O5. The maximum absolute atomic E-state index is 11.4. The molecule has 0 aliphatic carbocycles. The maximum Gasteiger partial charge on any atom is 0.355 e. The van der Waals surface area contributed by atoms with Crippen LogP contribution in [0.3, 0.4) is 0 Å². The van der Waals surface area contributed by atoms with Gasteiger partial charge in [-0.1, -0.05) is 0 Å². The minimum Gasteiger partial charge on any atom is -0.467 e. The normalized spacial score (nSPS) is 9.90. The van der Waals surface area contributed by atoms with Crippen LogP contribution in [0, 0.1) is 0 Å². The molecule has 0 saturated carbocycles. The van der Waals surface area contributed by atoms with E-state index in [-0.39, 0.29) is 12.2 Å². The maximum atomic E-state index is 11.4. The minimum atomic E-state index is -0.730. The van der Waals surface area contributed by atoms with Crippen LogP contribution < -0.4 is 10.6 Å². The SMILES string of the molecule is O=C(COC(=O)c1ccc[nH]1)NC(=O)NCc1ccco1. The van der Waals surface area contributed by atoms with Gasteiger partial charge < -0.3 is 19.5 Å². The first kappa shape index (κ1) is 14.4. The van der Waals surface area contributed by atoms with Gasteiger partial charge in [-0.25, -0.2) is 9.59 Å². The number of furan rings is 1. The molecule has 0 atom stereocenters. The predicted molar refractivity (Wildman–Crippen MR) is 70.2 cm³/mol. The van der Waals surface area contributed by atoms with Crippen LogP contribution in [0.4, 0.5) is 4.79 Å². The van der Waals surface area contributed by atoms with E-state index in [0.29, 0.717) is 5.76 Å². The van der Waals surface area contributed by atoms with E-state index in [4.69, 9.17) is 9.15 Å². The number of aromatic amines is 1. The lowest BCUT2D eigenvalue weighted by Gasteiger charge is -2.06. The van der Waals surface area contributed by atoms with E-state index in [1.165, 1.54) is 12.3 Å². The number of amides is 3. The molecule has 0 aromatic carbocycles. The summed E-state index contributed by atoms with van der Waals surface area (Å²) >= 11 is 0. The third kappa shape index (κ3) is 4.53. The second kappa shape index (κ2) is 6.94. The first-order chi connectivity index (χ1) is 10.1. The Morgan fingerprint density at radius 3 is 2.76 bits per heavy atom. The Morgan fingerprint density at radius 1 is 1.24 bits per heavy atom. The minimum absolute atomic E-state index is 0.147. The molecule has 110 valence electrons. The van der Waals surface area contributed by atoms with Crippen molar-refractivity contribution in [1.29, 1.82) is 0 Å². The Labute approximate surface area is 119 Å². The number of H-pyrrole nitrogens is 1. The molecule has 21 heavy (non-hydrogen) atoms. The third-order valence-corrected chi connectivity index (χ3v) is 2.41. The second-order valence-corrected chi connectivity index (χ2v) is 3.97. The molecule has 0 saturated heterocycles. The number of urea groups is 1. The lowest BCUT2D eigenvalue weighted by atomic mass is 10.4. The summed E-state index contributed by atoms with van der Waals surface area (Å²) in [5, 5.41) is 4.44. The van der Waals surface area contributed by atoms with Gasteiger partial charge in [0.05, 0.1) is 12.8 Å². The van der Waals surface area contributed by atoms with Crippen LogP contribution in [0.15, 0.2) is 41.1 Å². The Balaban J connectivity index is 1.67. The fraction of sp³-hybridized carbons (Fsp3) is 0.154. The highest BCUT2D eigenvalue weighted by Crippen LogP contribution is 1.98. The summed E-state index contributed by atoms with van der Waals surface area (Å²) < 4.78 is 9.73. The van der Waals surface area contributed by atoms with Crippen LogP contribution in [-0.2, 0) is 16.1 Å². The van der Waals surface area contributed by atoms with E-state index in [0.717, 1.165) is 0 Å². The number of carbonyl (C=O) groups excluding carboxylic acids is 3. The molecule has 2 aromatic heterocycles. The van der Waals surface area contributed by atoms with E-state index in [1.54, 1.807) is 24.4 Å². The predicted octanol–water partition coefficient (Wildman–Crippen LogP) is 0.790. The van der Waals surface area contributed by atoms with E-state index < -0.39 is 24.5 Å². The van der Waals surface area contributed by atoms with Crippen LogP contribution in [0.25, 0.3) is 0 Å². The van der Waals surface area contributed by atoms with Gasteiger partial charge in [0.2, 0.25) is 0 Å². The highest BCUT2D eigenvalue weighted by molar-refractivity contribution is 5.96. The van der Waals surface area contributed by atoms with Gasteiger partial charge in [-0.2, -0.15) is 0 Å². The number of hydrogen-bond acceptors (Lipinski definition) is 5. The molecule has 0 fully saturated rings. The average Bonchev–Trinajstić information content (AvgIpc) is 3.15. The summed E-state index contributed by atoms with van der Waals surface area (Å²) in [4.78, 5) is 36.9. The van der Waals surface area contributed by atoms with Crippen molar-refractivity contribution in [3.05, 3.63) is 48.2 Å². The number of nitrogens with one attached hydrogen (secondary N) is 3. The number of hydrogen-bond donors (Lipinski definition) is 3. The van der Waals surface area contributed by atoms with Crippen molar-refractivity contribution in [2.45, 2.75) is 6.54 Å². The molecule has 0 radical (unpaired) electrons. The largest absolute Gasteiger partial charge is 0.467 e. The fourth-order valence-electron chi connectivity index (χ4n) is 1.45. The zero-order chi connectivity index (χ0) is 15.1. The highest BCUT2D eigenvalue weighted by Gasteiger charge is 2.12. The van der Waals surface area contributed by atoms with Crippen molar-refractivity contribution in [3.8, 4) is 0 Å². The Morgan fingerprint density at radius 2 is 2.10 bits per heavy atom. The molecule has 0 aliphatic heterocycles. The number of esters is 1. The van der Waals surface area contributed by atoms with E-state index in [9.17, 15) is 14.4 Å². The van der Waals surface area contributed by atoms with Crippen molar-refractivity contribution in [2.24, 2.45) is 0 Å². The van der Waals surface area contributed by atoms with Crippen LogP contribution in [0.5, 0.6) is 0 Å². The van der Waals surface area contributed by atoms with Gasteiger partial charge in [-0.3, -0.25) is 10.1 Å². The molecule has 2 aromatic rings.